The first kappa shape index (κ1) is 17.1. The number of ether oxygens (including phenoxy) is 1. The second-order valence-corrected chi connectivity index (χ2v) is 4.83. The summed E-state index contributed by atoms with van der Waals surface area (Å²) in [7, 11) is 0. The van der Waals surface area contributed by atoms with E-state index in [0.29, 0.717) is 23.3 Å². The van der Waals surface area contributed by atoms with Gasteiger partial charge in [-0.05, 0) is 36.4 Å². The average Bonchev–Trinajstić information content (AvgIpc) is 2.64. The highest BCUT2D eigenvalue weighted by Gasteiger charge is 2.08. The first-order valence-electron chi connectivity index (χ1n) is 7.35. The Hall–Kier alpha value is -3.22. The maximum Gasteiger partial charge on any atom is 0.276 e. The van der Waals surface area contributed by atoms with Crippen LogP contribution >= 0.6 is 0 Å². The van der Waals surface area contributed by atoms with E-state index in [0.717, 1.165) is 0 Å². The lowest BCUT2D eigenvalue weighted by Gasteiger charge is -2.09. The molecule has 2 N–H and O–H groups in total. The number of carbonyl (C=O) groups is 3. The summed E-state index contributed by atoms with van der Waals surface area (Å²) in [4.78, 5) is 38.7. The number of ketones is 1. The molecule has 2 amide bonds. The molecule has 0 atom stereocenters. The second kappa shape index (κ2) is 8.42. The lowest BCUT2D eigenvalue weighted by molar-refractivity contribution is -0.123. The summed E-state index contributed by atoms with van der Waals surface area (Å²) >= 11 is 0. The van der Waals surface area contributed by atoms with Gasteiger partial charge in [0.15, 0.2) is 12.4 Å². The van der Waals surface area contributed by atoms with Gasteiger partial charge in [-0.1, -0.05) is 6.92 Å². The Morgan fingerprint density at radius 3 is 2.42 bits per heavy atom. The second-order valence-electron chi connectivity index (χ2n) is 4.83. The van der Waals surface area contributed by atoms with E-state index >= 15 is 0 Å². The Labute approximate surface area is 139 Å². The van der Waals surface area contributed by atoms with Crippen LogP contribution in [-0.4, -0.2) is 29.2 Å². The minimum absolute atomic E-state index is 0.0393. The van der Waals surface area contributed by atoms with Crippen LogP contribution < -0.4 is 15.6 Å². The van der Waals surface area contributed by atoms with Crippen LogP contribution in [0.5, 0.6) is 5.75 Å². The molecule has 0 aliphatic carbocycles. The molecular formula is C17H17N3O4. The number of hydrogen-bond donors (Lipinski definition) is 2. The molecule has 0 aliphatic heterocycles. The molecule has 2 rings (SSSR count). The predicted octanol–water partition coefficient (Wildman–Crippen LogP) is 1.51. The first-order chi connectivity index (χ1) is 11.6. The lowest BCUT2D eigenvalue weighted by Crippen LogP contribution is -2.43. The van der Waals surface area contributed by atoms with E-state index in [-0.39, 0.29) is 12.4 Å². The monoisotopic (exact) mass is 327 g/mol. The van der Waals surface area contributed by atoms with Crippen LogP contribution in [0, 0.1) is 0 Å². The minimum Gasteiger partial charge on any atom is -0.484 e. The molecule has 1 aromatic heterocycles. The number of aromatic nitrogens is 1. The van der Waals surface area contributed by atoms with E-state index in [4.69, 9.17) is 4.74 Å². The Kier molecular flexibility index (Phi) is 6.01. The molecule has 0 saturated heterocycles. The van der Waals surface area contributed by atoms with Crippen LogP contribution in [0.2, 0.25) is 0 Å². The fourth-order valence-corrected chi connectivity index (χ4v) is 1.82. The summed E-state index contributed by atoms with van der Waals surface area (Å²) in [6.07, 6.45) is 3.36. The number of pyridine rings is 1. The number of benzene rings is 1. The summed E-state index contributed by atoms with van der Waals surface area (Å²) in [5, 5.41) is 0. The van der Waals surface area contributed by atoms with Crippen LogP contribution in [0.15, 0.2) is 48.8 Å². The quantitative estimate of drug-likeness (QED) is 0.619. The zero-order valence-electron chi connectivity index (χ0n) is 13.1. The zero-order chi connectivity index (χ0) is 17.4. The molecule has 2 aromatic rings. The van der Waals surface area contributed by atoms with E-state index in [1.807, 2.05) is 0 Å². The number of hydrogen-bond acceptors (Lipinski definition) is 5. The maximum atomic E-state index is 11.7. The van der Waals surface area contributed by atoms with Crippen LogP contribution in [0.1, 0.15) is 34.1 Å². The molecule has 124 valence electrons. The van der Waals surface area contributed by atoms with Crippen LogP contribution in [0.25, 0.3) is 0 Å². The third kappa shape index (κ3) is 4.91. The number of carbonyl (C=O) groups excluding carboxylic acids is 3. The zero-order valence-corrected chi connectivity index (χ0v) is 13.1. The van der Waals surface area contributed by atoms with E-state index in [9.17, 15) is 14.4 Å². The van der Waals surface area contributed by atoms with Crippen molar-refractivity contribution in [3.8, 4) is 5.75 Å². The lowest BCUT2D eigenvalue weighted by atomic mass is 10.1. The Morgan fingerprint density at radius 2 is 1.79 bits per heavy atom. The molecule has 0 unspecified atom stereocenters. The van der Waals surface area contributed by atoms with Gasteiger partial charge in [0.05, 0.1) is 5.56 Å². The SMILES string of the molecule is CCC(=O)c1ccc(OCC(=O)NNC(=O)c2cccnc2)cc1. The van der Waals surface area contributed by atoms with Gasteiger partial charge >= 0.3 is 0 Å². The van der Waals surface area contributed by atoms with E-state index in [1.54, 1.807) is 49.5 Å². The van der Waals surface area contributed by atoms with Gasteiger partial charge in [0.25, 0.3) is 11.8 Å². The van der Waals surface area contributed by atoms with Crippen molar-refractivity contribution in [1.29, 1.82) is 0 Å². The van der Waals surface area contributed by atoms with Crippen molar-refractivity contribution in [3.63, 3.8) is 0 Å². The number of hydrazine groups is 1. The predicted molar refractivity (Wildman–Crippen MR) is 86.4 cm³/mol. The molecule has 0 radical (unpaired) electrons. The third-order valence-electron chi connectivity index (χ3n) is 3.11. The summed E-state index contributed by atoms with van der Waals surface area (Å²) in [5.74, 6) is -0.492. The van der Waals surface area contributed by atoms with Crippen LogP contribution in [0.3, 0.4) is 0 Å². The average molecular weight is 327 g/mol. The molecule has 0 saturated carbocycles. The molecule has 0 spiro atoms. The fourth-order valence-electron chi connectivity index (χ4n) is 1.82. The molecule has 0 bridgehead atoms. The van der Waals surface area contributed by atoms with Gasteiger partial charge in [0, 0.05) is 24.4 Å². The van der Waals surface area contributed by atoms with Crippen molar-refractivity contribution in [2.45, 2.75) is 13.3 Å². The highest BCUT2D eigenvalue weighted by Crippen LogP contribution is 2.13. The van der Waals surface area contributed by atoms with Gasteiger partial charge < -0.3 is 4.74 Å². The van der Waals surface area contributed by atoms with Crippen molar-refractivity contribution in [2.75, 3.05) is 6.61 Å². The molecular weight excluding hydrogens is 310 g/mol. The van der Waals surface area contributed by atoms with Gasteiger partial charge in [0.2, 0.25) is 0 Å². The van der Waals surface area contributed by atoms with Crippen LogP contribution in [-0.2, 0) is 4.79 Å². The Bertz CT molecular complexity index is 714. The molecule has 7 heteroatoms. The van der Waals surface area contributed by atoms with E-state index < -0.39 is 11.8 Å². The number of nitrogens with one attached hydrogen (secondary N) is 2. The standard InChI is InChI=1S/C17H17N3O4/c1-2-15(21)12-5-7-14(8-6-12)24-11-16(22)19-20-17(23)13-4-3-9-18-10-13/h3-10H,2,11H2,1H3,(H,19,22)(H,20,23). The maximum absolute atomic E-state index is 11.7. The van der Waals surface area contributed by atoms with Gasteiger partial charge in [-0.15, -0.1) is 0 Å². The van der Waals surface area contributed by atoms with Gasteiger partial charge in [-0.3, -0.25) is 30.2 Å². The summed E-state index contributed by atoms with van der Waals surface area (Å²) in [6, 6.07) is 9.71. The van der Waals surface area contributed by atoms with Gasteiger partial charge in [-0.25, -0.2) is 0 Å². The molecule has 0 aliphatic rings. The number of rotatable bonds is 6. The Morgan fingerprint density at radius 1 is 1.04 bits per heavy atom. The van der Waals surface area contributed by atoms with E-state index in [2.05, 4.69) is 15.8 Å². The van der Waals surface area contributed by atoms with Crippen LogP contribution in [0.4, 0.5) is 0 Å². The fraction of sp³-hybridized carbons (Fsp3) is 0.176. The molecule has 24 heavy (non-hydrogen) atoms. The highest BCUT2D eigenvalue weighted by atomic mass is 16.5. The van der Waals surface area contributed by atoms with Crippen molar-refractivity contribution in [1.82, 2.24) is 15.8 Å². The van der Waals surface area contributed by atoms with Crippen molar-refractivity contribution < 1.29 is 19.1 Å². The largest absolute Gasteiger partial charge is 0.484 e. The van der Waals surface area contributed by atoms with Gasteiger partial charge in [0.1, 0.15) is 5.75 Å². The minimum atomic E-state index is -0.513. The molecule has 7 nitrogen and oxygen atoms in total. The molecule has 1 aromatic carbocycles. The van der Waals surface area contributed by atoms with Crippen molar-refractivity contribution in [3.05, 3.63) is 59.9 Å². The smallest absolute Gasteiger partial charge is 0.276 e. The first-order valence-corrected chi connectivity index (χ1v) is 7.35. The summed E-state index contributed by atoms with van der Waals surface area (Å²) in [5.41, 5.74) is 5.43. The topological polar surface area (TPSA) is 97.4 Å². The molecule has 1 heterocycles. The van der Waals surface area contributed by atoms with E-state index in [1.165, 1.54) is 6.20 Å². The number of Topliss-reactive ketones (excluding diaryl/α,β-unsaturated/α-hetero) is 1. The highest BCUT2D eigenvalue weighted by molar-refractivity contribution is 5.96. The van der Waals surface area contributed by atoms with Crippen molar-refractivity contribution in [2.24, 2.45) is 0 Å². The number of nitrogens with zero attached hydrogens (tertiary/aromatic N) is 1. The molecule has 0 fully saturated rings. The third-order valence-corrected chi connectivity index (χ3v) is 3.11. The summed E-state index contributed by atoms with van der Waals surface area (Å²) < 4.78 is 5.29. The number of amides is 2. The Balaban J connectivity index is 1.77. The van der Waals surface area contributed by atoms with Crippen molar-refractivity contribution >= 4 is 17.6 Å². The van der Waals surface area contributed by atoms with Gasteiger partial charge in [-0.2, -0.15) is 0 Å². The summed E-state index contributed by atoms with van der Waals surface area (Å²) in [6.45, 7) is 1.52. The normalized spacial score (nSPS) is 9.88.